The van der Waals surface area contributed by atoms with Crippen LogP contribution in [0.5, 0.6) is 0 Å². The number of ether oxygens (including phenoxy) is 1. The molecule has 2 aromatic rings. The van der Waals surface area contributed by atoms with E-state index in [1.807, 2.05) is 37.3 Å². The molecule has 0 aliphatic carbocycles. The number of amides is 1. The second-order valence-corrected chi connectivity index (χ2v) is 7.60. The summed E-state index contributed by atoms with van der Waals surface area (Å²) in [6.07, 6.45) is 0.781. The quantitative estimate of drug-likeness (QED) is 0.319. The second-order valence-electron chi connectivity index (χ2n) is 6.56. The van der Waals surface area contributed by atoms with E-state index in [9.17, 15) is 9.59 Å². The number of carbonyl (C=O) groups is 2. The largest absolute Gasteiger partial charge is 0.462 e. The number of hydrogen-bond donors (Lipinski definition) is 3. The van der Waals surface area contributed by atoms with Crippen LogP contribution in [-0.2, 0) is 16.0 Å². The van der Waals surface area contributed by atoms with E-state index in [4.69, 9.17) is 4.74 Å². The number of aliphatic imine (C=N–C) groups is 1. The average molecular weight is 432 g/mol. The summed E-state index contributed by atoms with van der Waals surface area (Å²) in [7, 11) is 1.63. The number of nitrogens with one attached hydrogen (secondary N) is 3. The van der Waals surface area contributed by atoms with Crippen LogP contribution in [0.1, 0.15) is 45.8 Å². The van der Waals surface area contributed by atoms with Gasteiger partial charge in [0.15, 0.2) is 5.96 Å². The van der Waals surface area contributed by atoms with Gasteiger partial charge in [-0.2, -0.15) is 0 Å². The molecule has 1 atom stereocenters. The highest BCUT2D eigenvalue weighted by molar-refractivity contribution is 7.13. The van der Waals surface area contributed by atoms with Crippen molar-refractivity contribution >= 4 is 29.2 Å². The van der Waals surface area contributed by atoms with Crippen molar-refractivity contribution in [3.8, 4) is 0 Å². The van der Waals surface area contributed by atoms with E-state index in [2.05, 4.69) is 25.9 Å². The van der Waals surface area contributed by atoms with Gasteiger partial charge in [-0.25, -0.2) is 9.78 Å². The minimum atomic E-state index is -0.361. The first-order valence-corrected chi connectivity index (χ1v) is 10.7. The van der Waals surface area contributed by atoms with Gasteiger partial charge in [-0.1, -0.05) is 30.3 Å². The van der Waals surface area contributed by atoms with Gasteiger partial charge in [-0.3, -0.25) is 9.79 Å². The van der Waals surface area contributed by atoms with Crippen LogP contribution in [-0.4, -0.2) is 49.6 Å². The van der Waals surface area contributed by atoms with Crippen molar-refractivity contribution in [2.75, 3.05) is 26.7 Å². The van der Waals surface area contributed by atoms with Gasteiger partial charge >= 0.3 is 5.97 Å². The Morgan fingerprint density at radius 1 is 1.23 bits per heavy atom. The van der Waals surface area contributed by atoms with Crippen LogP contribution in [0, 0.1) is 6.92 Å². The third kappa shape index (κ3) is 7.14. The molecule has 162 valence electrons. The molecule has 9 heteroatoms. The molecule has 1 unspecified atom stereocenters. The molecule has 3 N–H and O–H groups in total. The summed E-state index contributed by atoms with van der Waals surface area (Å²) >= 11 is 1.29. The van der Waals surface area contributed by atoms with Gasteiger partial charge in [0.1, 0.15) is 9.88 Å². The summed E-state index contributed by atoms with van der Waals surface area (Å²) in [5.74, 6) is 0.00287. The van der Waals surface area contributed by atoms with Crippen LogP contribution < -0.4 is 16.0 Å². The molecule has 0 radical (unpaired) electrons. The fourth-order valence-corrected chi connectivity index (χ4v) is 3.63. The van der Waals surface area contributed by atoms with E-state index in [-0.39, 0.29) is 24.5 Å². The number of guanidine groups is 1. The minimum Gasteiger partial charge on any atom is -0.462 e. The molecule has 1 aromatic heterocycles. The van der Waals surface area contributed by atoms with Gasteiger partial charge in [-0.15, -0.1) is 11.3 Å². The normalized spacial score (nSPS) is 12.2. The maximum atomic E-state index is 12.1. The van der Waals surface area contributed by atoms with Gasteiger partial charge in [0.05, 0.1) is 24.9 Å². The molecule has 0 aliphatic rings. The van der Waals surface area contributed by atoms with Crippen LogP contribution in [0.4, 0.5) is 0 Å². The second kappa shape index (κ2) is 11.9. The van der Waals surface area contributed by atoms with E-state index < -0.39 is 0 Å². The molecule has 0 aliphatic heterocycles. The third-order valence-electron chi connectivity index (χ3n) is 4.22. The fourth-order valence-electron chi connectivity index (χ4n) is 2.67. The predicted octanol–water partition coefficient (Wildman–Crippen LogP) is 2.21. The van der Waals surface area contributed by atoms with Crippen LogP contribution in [0.15, 0.2) is 35.3 Å². The number of benzene rings is 1. The Morgan fingerprint density at radius 3 is 2.63 bits per heavy atom. The molecule has 30 heavy (non-hydrogen) atoms. The van der Waals surface area contributed by atoms with Crippen molar-refractivity contribution < 1.29 is 14.3 Å². The Bertz CT molecular complexity index is 867. The van der Waals surface area contributed by atoms with Crippen LogP contribution in [0.3, 0.4) is 0 Å². The number of nitrogens with zero attached hydrogens (tertiary/aromatic N) is 2. The molecule has 0 saturated heterocycles. The highest BCUT2D eigenvalue weighted by Crippen LogP contribution is 2.24. The first kappa shape index (κ1) is 23.3. The van der Waals surface area contributed by atoms with Gasteiger partial charge in [0.25, 0.3) is 0 Å². The minimum absolute atomic E-state index is 0.103. The van der Waals surface area contributed by atoms with Crippen molar-refractivity contribution in [3.05, 3.63) is 51.5 Å². The SMILES string of the molecule is CCOC(=O)c1sc(C(C)NC(=NC)NCC(=O)NCCc2ccccc2)nc1C. The Balaban J connectivity index is 1.80. The van der Waals surface area contributed by atoms with Crippen LogP contribution >= 0.6 is 11.3 Å². The molecule has 8 nitrogen and oxygen atoms in total. The van der Waals surface area contributed by atoms with E-state index in [1.165, 1.54) is 16.9 Å². The lowest BCUT2D eigenvalue weighted by Gasteiger charge is -2.16. The number of aromatic nitrogens is 1. The summed E-state index contributed by atoms with van der Waals surface area (Å²) in [4.78, 5) is 33.2. The van der Waals surface area contributed by atoms with Gasteiger partial charge in [0, 0.05) is 13.6 Å². The van der Waals surface area contributed by atoms with E-state index >= 15 is 0 Å². The molecule has 0 saturated carbocycles. The number of esters is 1. The van der Waals surface area contributed by atoms with Crippen molar-refractivity contribution in [3.63, 3.8) is 0 Å². The molecule has 0 bridgehead atoms. The molecule has 1 amide bonds. The number of carbonyl (C=O) groups excluding carboxylic acids is 2. The van der Waals surface area contributed by atoms with Crippen LogP contribution in [0.2, 0.25) is 0 Å². The molecule has 0 fully saturated rings. The highest BCUT2D eigenvalue weighted by Gasteiger charge is 2.20. The number of hydrogen-bond acceptors (Lipinski definition) is 6. The molecular formula is C21H29N5O3S. The van der Waals surface area contributed by atoms with Crippen molar-refractivity contribution in [2.45, 2.75) is 33.2 Å². The van der Waals surface area contributed by atoms with Crippen molar-refractivity contribution in [1.29, 1.82) is 0 Å². The van der Waals surface area contributed by atoms with E-state index in [0.717, 1.165) is 11.4 Å². The summed E-state index contributed by atoms with van der Waals surface area (Å²) in [5.41, 5.74) is 1.82. The van der Waals surface area contributed by atoms with Gasteiger partial charge < -0.3 is 20.7 Å². The Kier molecular flexibility index (Phi) is 9.27. The van der Waals surface area contributed by atoms with Gasteiger partial charge in [-0.05, 0) is 32.8 Å². The third-order valence-corrected chi connectivity index (χ3v) is 5.54. The lowest BCUT2D eigenvalue weighted by molar-refractivity contribution is -0.119. The summed E-state index contributed by atoms with van der Waals surface area (Å²) < 4.78 is 5.06. The van der Waals surface area contributed by atoms with E-state index in [0.29, 0.717) is 29.7 Å². The monoisotopic (exact) mass is 431 g/mol. The zero-order valence-electron chi connectivity index (χ0n) is 17.8. The average Bonchev–Trinajstić information content (AvgIpc) is 3.14. The lowest BCUT2D eigenvalue weighted by atomic mass is 10.1. The summed E-state index contributed by atoms with van der Waals surface area (Å²) in [6, 6.07) is 9.81. The molecule has 0 spiro atoms. The first-order valence-electron chi connectivity index (χ1n) is 9.86. The number of aryl methyl sites for hydroxylation is 1. The Hall–Kier alpha value is -2.94. The summed E-state index contributed by atoms with van der Waals surface area (Å²) in [6.45, 7) is 6.47. The van der Waals surface area contributed by atoms with E-state index in [1.54, 1.807) is 20.9 Å². The molecule has 2 rings (SSSR count). The maximum Gasteiger partial charge on any atom is 0.350 e. The van der Waals surface area contributed by atoms with Crippen molar-refractivity contribution in [1.82, 2.24) is 20.9 Å². The standard InChI is InChI=1S/C21H29N5O3S/c1-5-29-20(28)18-14(2)25-19(30-18)15(3)26-21(22-4)24-13-17(27)23-12-11-16-9-7-6-8-10-16/h6-10,15H,5,11-13H2,1-4H3,(H,23,27)(H2,22,24,26). The molecule has 1 heterocycles. The topological polar surface area (TPSA) is 105 Å². The zero-order valence-corrected chi connectivity index (χ0v) is 18.6. The smallest absolute Gasteiger partial charge is 0.350 e. The number of rotatable bonds is 9. The lowest BCUT2D eigenvalue weighted by Crippen LogP contribution is -2.44. The Labute approximate surface area is 181 Å². The maximum absolute atomic E-state index is 12.1. The zero-order chi connectivity index (χ0) is 21.9. The summed E-state index contributed by atoms with van der Waals surface area (Å²) in [5, 5.41) is 9.81. The molecule has 1 aromatic carbocycles. The number of thiazole rings is 1. The van der Waals surface area contributed by atoms with Gasteiger partial charge in [0.2, 0.25) is 5.91 Å². The highest BCUT2D eigenvalue weighted by atomic mass is 32.1. The molecular weight excluding hydrogens is 402 g/mol. The Morgan fingerprint density at radius 2 is 1.97 bits per heavy atom. The first-order chi connectivity index (χ1) is 14.4. The van der Waals surface area contributed by atoms with Crippen LogP contribution in [0.25, 0.3) is 0 Å². The van der Waals surface area contributed by atoms with Crippen molar-refractivity contribution in [2.24, 2.45) is 4.99 Å². The predicted molar refractivity (Wildman–Crippen MR) is 119 cm³/mol. The fraction of sp³-hybridized carbons (Fsp3) is 0.429.